The van der Waals surface area contributed by atoms with E-state index in [1.807, 2.05) is 0 Å². The monoisotopic (exact) mass is 437 g/mol. The molecule has 1 fully saturated rings. The highest BCUT2D eigenvalue weighted by Gasteiger charge is 2.32. The number of nitrogens with zero attached hydrogens (tertiary/aromatic N) is 1. The van der Waals surface area contributed by atoms with Crippen molar-refractivity contribution in [3.63, 3.8) is 0 Å². The number of aliphatic hydroxyl groups is 1. The Labute approximate surface area is 174 Å². The van der Waals surface area contributed by atoms with Gasteiger partial charge in [-0.15, -0.1) is 0 Å². The lowest BCUT2D eigenvalue weighted by atomic mass is 9.97. The number of nitrogens with one attached hydrogen (secondary N) is 2. The molecule has 3 rings (SSSR count). The van der Waals surface area contributed by atoms with Crippen molar-refractivity contribution >= 4 is 15.9 Å². The lowest BCUT2D eigenvalue weighted by Gasteiger charge is -2.36. The molecule has 0 unspecified atom stereocenters. The number of pyridine rings is 1. The summed E-state index contributed by atoms with van der Waals surface area (Å²) < 4.78 is 45.8. The predicted octanol–water partition coefficient (Wildman–Crippen LogP) is 1.23. The SMILES string of the molecule is O=C(N[C@@H]1CC[C@@H](CCNS(=O)(=O)c2ccc(F)cc2)O[C@H]1CO)c1ccccn1. The number of hydrogen-bond acceptors (Lipinski definition) is 6. The minimum atomic E-state index is -3.74. The standard InChI is InChI=1S/C20H24FN3O5S/c21-14-4-7-16(8-5-14)30(27,28)23-12-10-15-6-9-17(19(13-25)29-15)24-20(26)18-3-1-2-11-22-18/h1-5,7-8,11,15,17,19,23,25H,6,9-10,12-13H2,(H,24,26)/t15-,17+,19-/m0/s1. The average molecular weight is 437 g/mol. The number of sulfonamides is 1. The number of aliphatic hydroxyl groups excluding tert-OH is 1. The van der Waals surface area contributed by atoms with Gasteiger partial charge in [0.1, 0.15) is 17.6 Å². The Morgan fingerprint density at radius 2 is 1.97 bits per heavy atom. The van der Waals surface area contributed by atoms with E-state index in [2.05, 4.69) is 15.0 Å². The first-order chi connectivity index (χ1) is 14.4. The number of ether oxygens (including phenoxy) is 1. The summed E-state index contributed by atoms with van der Waals surface area (Å²) in [6, 6.07) is 9.24. The molecule has 3 atom stereocenters. The number of hydrogen-bond donors (Lipinski definition) is 3. The molecule has 2 heterocycles. The molecule has 1 aliphatic heterocycles. The number of carbonyl (C=O) groups excluding carboxylic acids is 1. The van der Waals surface area contributed by atoms with Gasteiger partial charge < -0.3 is 15.2 Å². The van der Waals surface area contributed by atoms with Crippen molar-refractivity contribution in [3.8, 4) is 0 Å². The van der Waals surface area contributed by atoms with Crippen LogP contribution in [0.3, 0.4) is 0 Å². The van der Waals surface area contributed by atoms with E-state index in [1.165, 1.54) is 18.3 Å². The Bertz CT molecular complexity index is 941. The molecule has 0 radical (unpaired) electrons. The third-order valence-electron chi connectivity index (χ3n) is 4.89. The van der Waals surface area contributed by atoms with Gasteiger partial charge in [-0.3, -0.25) is 9.78 Å². The van der Waals surface area contributed by atoms with Crippen molar-refractivity contribution < 1.29 is 27.4 Å². The van der Waals surface area contributed by atoms with E-state index in [9.17, 15) is 22.7 Å². The van der Waals surface area contributed by atoms with E-state index >= 15 is 0 Å². The fourth-order valence-electron chi connectivity index (χ4n) is 3.30. The number of benzene rings is 1. The Hall–Kier alpha value is -2.40. The minimum absolute atomic E-state index is 0.0148. The van der Waals surface area contributed by atoms with E-state index in [1.54, 1.807) is 18.2 Å². The fourth-order valence-corrected chi connectivity index (χ4v) is 4.35. The second kappa shape index (κ2) is 10.1. The van der Waals surface area contributed by atoms with Crippen LogP contribution >= 0.6 is 0 Å². The van der Waals surface area contributed by atoms with Crippen molar-refractivity contribution in [3.05, 3.63) is 60.2 Å². The zero-order valence-corrected chi connectivity index (χ0v) is 17.0. The molecule has 1 aliphatic rings. The Kier molecular flexibility index (Phi) is 7.48. The molecule has 0 spiro atoms. The van der Waals surface area contributed by atoms with Crippen molar-refractivity contribution in [2.24, 2.45) is 0 Å². The summed E-state index contributed by atoms with van der Waals surface area (Å²) in [6.45, 7) is -0.140. The van der Waals surface area contributed by atoms with Gasteiger partial charge in [-0.05, 0) is 55.7 Å². The first kappa shape index (κ1) is 22.3. The van der Waals surface area contributed by atoms with Crippen LogP contribution in [0.1, 0.15) is 29.8 Å². The molecule has 0 aliphatic carbocycles. The Morgan fingerprint density at radius 1 is 1.20 bits per heavy atom. The molecule has 10 heteroatoms. The predicted molar refractivity (Wildman–Crippen MR) is 107 cm³/mol. The molecule has 1 amide bonds. The van der Waals surface area contributed by atoms with Crippen LogP contribution in [0.4, 0.5) is 4.39 Å². The highest BCUT2D eigenvalue weighted by atomic mass is 32.2. The molecule has 8 nitrogen and oxygen atoms in total. The molecule has 0 saturated carbocycles. The zero-order valence-electron chi connectivity index (χ0n) is 16.2. The lowest BCUT2D eigenvalue weighted by molar-refractivity contribution is -0.0891. The summed E-state index contributed by atoms with van der Waals surface area (Å²) in [5.74, 6) is -0.850. The molecule has 2 aromatic rings. The zero-order chi connectivity index (χ0) is 21.6. The maximum atomic E-state index is 13.0. The average Bonchev–Trinajstić information content (AvgIpc) is 2.75. The van der Waals surface area contributed by atoms with Crippen LogP contribution in [-0.4, -0.2) is 55.8 Å². The van der Waals surface area contributed by atoms with Crippen LogP contribution in [0, 0.1) is 5.82 Å². The van der Waals surface area contributed by atoms with E-state index < -0.39 is 21.9 Å². The highest BCUT2D eigenvalue weighted by molar-refractivity contribution is 7.89. The number of rotatable bonds is 8. The van der Waals surface area contributed by atoms with Gasteiger partial charge in [0.25, 0.3) is 5.91 Å². The van der Waals surface area contributed by atoms with Crippen LogP contribution in [0.5, 0.6) is 0 Å². The van der Waals surface area contributed by atoms with Crippen molar-refractivity contribution in [1.82, 2.24) is 15.0 Å². The molecule has 30 heavy (non-hydrogen) atoms. The maximum absolute atomic E-state index is 13.0. The van der Waals surface area contributed by atoms with Crippen LogP contribution in [-0.2, 0) is 14.8 Å². The van der Waals surface area contributed by atoms with E-state index in [4.69, 9.17) is 4.74 Å². The molecular weight excluding hydrogens is 413 g/mol. The third kappa shape index (κ3) is 5.82. The second-order valence-electron chi connectivity index (χ2n) is 6.99. The van der Waals surface area contributed by atoms with Gasteiger partial charge in [-0.2, -0.15) is 0 Å². The summed E-state index contributed by atoms with van der Waals surface area (Å²) in [5.41, 5.74) is 0.284. The summed E-state index contributed by atoms with van der Waals surface area (Å²) in [5, 5.41) is 12.5. The molecule has 1 aromatic heterocycles. The summed E-state index contributed by atoms with van der Waals surface area (Å²) in [6.07, 6.45) is 2.25. The summed E-state index contributed by atoms with van der Waals surface area (Å²) in [7, 11) is -3.74. The molecule has 162 valence electrons. The third-order valence-corrected chi connectivity index (χ3v) is 6.37. The van der Waals surface area contributed by atoms with Gasteiger partial charge in [0.05, 0.1) is 23.6 Å². The molecule has 3 N–H and O–H groups in total. The normalized spacial score (nSPS) is 21.9. The summed E-state index contributed by atoms with van der Waals surface area (Å²) >= 11 is 0. The minimum Gasteiger partial charge on any atom is -0.394 e. The largest absolute Gasteiger partial charge is 0.394 e. The van der Waals surface area contributed by atoms with Crippen molar-refractivity contribution in [1.29, 1.82) is 0 Å². The van der Waals surface area contributed by atoms with Gasteiger partial charge in [0.15, 0.2) is 0 Å². The number of halogens is 1. The van der Waals surface area contributed by atoms with E-state index in [0.29, 0.717) is 19.3 Å². The van der Waals surface area contributed by atoms with Gasteiger partial charge in [-0.25, -0.2) is 17.5 Å². The molecule has 0 bridgehead atoms. The molecule has 1 saturated heterocycles. The highest BCUT2D eigenvalue weighted by Crippen LogP contribution is 2.22. The number of amides is 1. The van der Waals surface area contributed by atoms with Gasteiger partial charge in [0.2, 0.25) is 10.0 Å². The van der Waals surface area contributed by atoms with Gasteiger partial charge in [0, 0.05) is 12.7 Å². The Morgan fingerprint density at radius 3 is 2.63 bits per heavy atom. The smallest absolute Gasteiger partial charge is 0.270 e. The quantitative estimate of drug-likeness (QED) is 0.572. The van der Waals surface area contributed by atoms with Crippen LogP contribution in [0.25, 0.3) is 0 Å². The van der Waals surface area contributed by atoms with Crippen LogP contribution in [0.15, 0.2) is 53.6 Å². The van der Waals surface area contributed by atoms with Gasteiger partial charge >= 0.3 is 0 Å². The summed E-state index contributed by atoms with van der Waals surface area (Å²) in [4.78, 5) is 16.3. The fraction of sp³-hybridized carbons (Fsp3) is 0.400. The Balaban J connectivity index is 1.49. The van der Waals surface area contributed by atoms with E-state index in [0.717, 1.165) is 12.1 Å². The first-order valence-corrected chi connectivity index (χ1v) is 11.1. The molecular formula is C20H24FN3O5S. The second-order valence-corrected chi connectivity index (χ2v) is 8.76. The lowest BCUT2D eigenvalue weighted by Crippen LogP contribution is -2.51. The number of carbonyl (C=O) groups is 1. The van der Waals surface area contributed by atoms with Crippen LogP contribution in [0.2, 0.25) is 0 Å². The van der Waals surface area contributed by atoms with Crippen LogP contribution < -0.4 is 10.0 Å². The first-order valence-electron chi connectivity index (χ1n) is 9.62. The molecule has 1 aromatic carbocycles. The van der Waals surface area contributed by atoms with Gasteiger partial charge in [-0.1, -0.05) is 6.07 Å². The van der Waals surface area contributed by atoms with Crippen molar-refractivity contribution in [2.45, 2.75) is 42.4 Å². The number of aromatic nitrogens is 1. The van der Waals surface area contributed by atoms with E-state index in [-0.39, 0.29) is 41.8 Å². The maximum Gasteiger partial charge on any atom is 0.270 e. The van der Waals surface area contributed by atoms with Crippen molar-refractivity contribution in [2.75, 3.05) is 13.2 Å². The topological polar surface area (TPSA) is 118 Å².